The Morgan fingerprint density at radius 3 is 2.11 bits per heavy atom. The monoisotopic (exact) mass is 624 g/mol. The maximum atomic E-state index is 14.0. The lowest BCUT2D eigenvalue weighted by Crippen LogP contribution is -2.59. The van der Waals surface area contributed by atoms with Crippen molar-refractivity contribution in [3.05, 3.63) is 95.4 Å². The molecule has 0 radical (unpaired) electrons. The van der Waals surface area contributed by atoms with Gasteiger partial charge in [0.05, 0.1) is 16.9 Å². The van der Waals surface area contributed by atoms with Crippen molar-refractivity contribution in [1.29, 1.82) is 0 Å². The van der Waals surface area contributed by atoms with Gasteiger partial charge in [-0.2, -0.15) is 18.3 Å². The number of benzene rings is 2. The summed E-state index contributed by atoms with van der Waals surface area (Å²) in [7, 11) is 0. The summed E-state index contributed by atoms with van der Waals surface area (Å²) >= 11 is 0. The van der Waals surface area contributed by atoms with Crippen molar-refractivity contribution >= 4 is 17.5 Å². The number of fused-ring (bicyclic) bond motifs is 1. The summed E-state index contributed by atoms with van der Waals surface area (Å²) in [4.78, 5) is 34.6. The van der Waals surface area contributed by atoms with Crippen molar-refractivity contribution in [2.75, 3.05) is 18.4 Å². The van der Waals surface area contributed by atoms with Crippen LogP contribution in [-0.4, -0.2) is 61.6 Å². The van der Waals surface area contributed by atoms with Crippen molar-refractivity contribution in [2.24, 2.45) is 0 Å². The lowest BCUT2D eigenvalue weighted by atomic mass is 9.99. The van der Waals surface area contributed by atoms with Gasteiger partial charge in [-0.3, -0.25) is 19.5 Å². The van der Waals surface area contributed by atoms with E-state index >= 15 is 0 Å². The van der Waals surface area contributed by atoms with Crippen LogP contribution in [0.15, 0.2) is 73.1 Å². The van der Waals surface area contributed by atoms with Crippen LogP contribution in [0.25, 0.3) is 16.9 Å². The van der Waals surface area contributed by atoms with Crippen molar-refractivity contribution in [3.63, 3.8) is 0 Å². The topological polar surface area (TPSA) is 83.4 Å². The summed E-state index contributed by atoms with van der Waals surface area (Å²) in [5.74, 6) is -3.75. The maximum absolute atomic E-state index is 14.0. The number of rotatable bonds is 5. The van der Waals surface area contributed by atoms with Gasteiger partial charge in [0.25, 0.3) is 11.8 Å². The van der Waals surface area contributed by atoms with Gasteiger partial charge in [-0.05, 0) is 62.4 Å². The minimum atomic E-state index is -4.50. The highest BCUT2D eigenvalue weighted by molar-refractivity contribution is 6.02. The number of anilines is 1. The molecule has 1 N–H and O–H groups in total. The molecule has 4 heterocycles. The number of hydrogen-bond acceptors (Lipinski definition) is 5. The summed E-state index contributed by atoms with van der Waals surface area (Å²) in [6, 6.07) is 12.3. The SMILES string of the molecule is CC1CN(C2C(=O)Nc3cc(C(C)(F)F)ccc32)C[C@H](C)N1C(=O)c1cc(-c2ccncc2)n(-c2ccc(C(F)(F)F)cc2)n1. The number of carbonyl (C=O) groups is 2. The first-order chi connectivity index (χ1) is 21.2. The van der Waals surface area contributed by atoms with Crippen LogP contribution in [0.3, 0.4) is 0 Å². The second-order valence-electron chi connectivity index (χ2n) is 11.6. The number of nitrogens with one attached hydrogen (secondary N) is 1. The molecule has 45 heavy (non-hydrogen) atoms. The highest BCUT2D eigenvalue weighted by atomic mass is 19.4. The Kier molecular flexibility index (Phi) is 7.46. The van der Waals surface area contributed by atoms with E-state index in [1.807, 2.05) is 18.7 Å². The Balaban J connectivity index is 1.28. The molecule has 4 aromatic rings. The van der Waals surface area contributed by atoms with Crippen molar-refractivity contribution in [2.45, 2.75) is 51.0 Å². The van der Waals surface area contributed by atoms with Gasteiger partial charge in [0.2, 0.25) is 5.91 Å². The van der Waals surface area contributed by atoms with Crippen molar-refractivity contribution < 1.29 is 31.5 Å². The fourth-order valence-electron chi connectivity index (χ4n) is 6.19. The molecule has 0 spiro atoms. The van der Waals surface area contributed by atoms with Crippen LogP contribution in [0.2, 0.25) is 0 Å². The van der Waals surface area contributed by atoms with Gasteiger partial charge in [0, 0.05) is 66.9 Å². The van der Waals surface area contributed by atoms with E-state index in [0.717, 1.165) is 19.1 Å². The Labute approximate surface area is 255 Å². The molecule has 3 atom stereocenters. The lowest BCUT2D eigenvalue weighted by molar-refractivity contribution is -0.137. The zero-order valence-electron chi connectivity index (χ0n) is 24.5. The molecule has 2 aliphatic heterocycles. The van der Waals surface area contributed by atoms with E-state index < -0.39 is 23.7 Å². The van der Waals surface area contributed by atoms with Crippen molar-refractivity contribution in [1.82, 2.24) is 24.6 Å². The zero-order chi connectivity index (χ0) is 32.3. The van der Waals surface area contributed by atoms with Gasteiger partial charge in [-0.15, -0.1) is 0 Å². The van der Waals surface area contributed by atoms with Crippen LogP contribution < -0.4 is 5.32 Å². The van der Waals surface area contributed by atoms with E-state index in [0.29, 0.717) is 41.3 Å². The van der Waals surface area contributed by atoms with Gasteiger partial charge in [0.15, 0.2) is 5.69 Å². The predicted molar refractivity (Wildman–Crippen MR) is 156 cm³/mol. The standard InChI is InChI=1S/C32H29F5N6O2/c1-18-16-41(28-24-9-6-22(31(3,33)34)14-25(24)39-29(28)44)17-19(2)42(18)30(45)26-15-27(20-10-12-38-13-11-20)43(40-26)23-7-4-21(5-8-23)32(35,36)37/h4-15,18-19,28H,16-17H2,1-3H3,(H,39,44)/t18-,19?,28?/m0/s1. The molecule has 2 amide bonds. The number of piperazine rings is 1. The Bertz CT molecular complexity index is 1740. The maximum Gasteiger partial charge on any atom is 0.416 e. The van der Waals surface area contributed by atoms with Gasteiger partial charge in [0.1, 0.15) is 6.04 Å². The van der Waals surface area contributed by atoms with E-state index in [-0.39, 0.29) is 35.2 Å². The van der Waals surface area contributed by atoms with Gasteiger partial charge in [-0.1, -0.05) is 12.1 Å². The molecular formula is C32H29F5N6O2. The molecule has 13 heteroatoms. The highest BCUT2D eigenvalue weighted by Crippen LogP contribution is 2.40. The smallest absolute Gasteiger partial charge is 0.329 e. The molecule has 2 aromatic heterocycles. The Hall–Kier alpha value is -4.65. The first-order valence-electron chi connectivity index (χ1n) is 14.3. The van der Waals surface area contributed by atoms with E-state index in [2.05, 4.69) is 15.4 Å². The number of halogens is 5. The average Bonchev–Trinajstić information content (AvgIpc) is 3.57. The van der Waals surface area contributed by atoms with Crippen LogP contribution in [0, 0.1) is 0 Å². The Morgan fingerprint density at radius 1 is 0.889 bits per heavy atom. The van der Waals surface area contributed by atoms with Gasteiger partial charge < -0.3 is 10.2 Å². The molecule has 6 rings (SSSR count). The third-order valence-electron chi connectivity index (χ3n) is 8.25. The fourth-order valence-corrected chi connectivity index (χ4v) is 6.19. The predicted octanol–water partition coefficient (Wildman–Crippen LogP) is 6.29. The molecule has 234 valence electrons. The number of pyridine rings is 1. The number of hydrogen-bond donors (Lipinski definition) is 1. The number of nitrogens with zero attached hydrogens (tertiary/aromatic N) is 5. The van der Waals surface area contributed by atoms with Crippen LogP contribution >= 0.6 is 0 Å². The highest BCUT2D eigenvalue weighted by Gasteiger charge is 2.43. The third kappa shape index (κ3) is 5.68. The van der Waals surface area contributed by atoms with Gasteiger partial charge in [-0.25, -0.2) is 13.5 Å². The molecule has 2 unspecified atom stereocenters. The number of aromatic nitrogens is 3. The first kappa shape index (κ1) is 30.4. The summed E-state index contributed by atoms with van der Waals surface area (Å²) in [5, 5.41) is 7.27. The number of alkyl halides is 5. The quantitative estimate of drug-likeness (QED) is 0.264. The van der Waals surface area contributed by atoms with Crippen LogP contribution in [0.5, 0.6) is 0 Å². The van der Waals surface area contributed by atoms with Crippen LogP contribution in [-0.2, 0) is 16.9 Å². The van der Waals surface area contributed by atoms with Gasteiger partial charge >= 0.3 is 6.18 Å². The summed E-state index contributed by atoms with van der Waals surface area (Å²) < 4.78 is 68.8. The third-order valence-corrected chi connectivity index (χ3v) is 8.25. The molecule has 0 aliphatic carbocycles. The molecule has 2 aromatic carbocycles. The molecule has 1 fully saturated rings. The average molecular weight is 625 g/mol. The molecular weight excluding hydrogens is 595 g/mol. The molecule has 1 saturated heterocycles. The summed E-state index contributed by atoms with van der Waals surface area (Å²) in [6.45, 7) is 5.17. The normalized spacial score (nSPS) is 20.7. The largest absolute Gasteiger partial charge is 0.416 e. The van der Waals surface area contributed by atoms with Crippen LogP contribution in [0.1, 0.15) is 54.0 Å². The summed E-state index contributed by atoms with van der Waals surface area (Å²) in [5.41, 5.74) is 1.56. The lowest BCUT2D eigenvalue weighted by Gasteiger charge is -2.45. The van der Waals surface area contributed by atoms with Crippen molar-refractivity contribution in [3.8, 4) is 16.9 Å². The number of carbonyl (C=O) groups excluding carboxylic acids is 2. The number of amides is 2. The minimum absolute atomic E-state index is 0.103. The summed E-state index contributed by atoms with van der Waals surface area (Å²) in [6.07, 6.45) is -1.37. The molecule has 0 bridgehead atoms. The fraction of sp³-hybridized carbons (Fsp3) is 0.312. The first-order valence-corrected chi connectivity index (χ1v) is 14.3. The van der Waals surface area contributed by atoms with E-state index in [9.17, 15) is 31.5 Å². The van der Waals surface area contributed by atoms with E-state index in [4.69, 9.17) is 0 Å². The minimum Gasteiger partial charge on any atom is -0.329 e. The molecule has 8 nitrogen and oxygen atoms in total. The van der Waals surface area contributed by atoms with E-state index in [1.54, 1.807) is 41.6 Å². The van der Waals surface area contributed by atoms with E-state index in [1.165, 1.54) is 28.9 Å². The van der Waals surface area contributed by atoms with Crippen LogP contribution in [0.4, 0.5) is 27.6 Å². The molecule has 2 aliphatic rings. The Morgan fingerprint density at radius 2 is 1.51 bits per heavy atom. The zero-order valence-corrected chi connectivity index (χ0v) is 24.5. The second kappa shape index (κ2) is 11.1. The second-order valence-corrected chi connectivity index (χ2v) is 11.6. The molecule has 0 saturated carbocycles.